The summed E-state index contributed by atoms with van der Waals surface area (Å²) >= 11 is 0. The molecule has 4 atom stereocenters. The van der Waals surface area contributed by atoms with Crippen LogP contribution in [-0.2, 0) is 4.74 Å². The van der Waals surface area contributed by atoms with E-state index in [0.717, 1.165) is 32.2 Å². The van der Waals surface area contributed by atoms with Gasteiger partial charge in [0.15, 0.2) is 0 Å². The molecule has 0 spiro atoms. The van der Waals surface area contributed by atoms with Gasteiger partial charge in [0.25, 0.3) is 0 Å². The van der Waals surface area contributed by atoms with Crippen molar-refractivity contribution in [1.29, 1.82) is 0 Å². The van der Waals surface area contributed by atoms with Crippen molar-refractivity contribution in [2.24, 2.45) is 11.3 Å². The maximum atomic E-state index is 5.85. The number of nitrogens with one attached hydrogen (secondary N) is 1. The predicted molar refractivity (Wildman–Crippen MR) is 75.8 cm³/mol. The molecule has 3 nitrogen and oxygen atoms in total. The first-order chi connectivity index (χ1) is 8.50. The topological polar surface area (TPSA) is 24.5 Å². The van der Waals surface area contributed by atoms with Gasteiger partial charge in [0.2, 0.25) is 0 Å². The van der Waals surface area contributed by atoms with Crippen molar-refractivity contribution in [3.63, 3.8) is 0 Å². The summed E-state index contributed by atoms with van der Waals surface area (Å²) < 4.78 is 5.85. The Morgan fingerprint density at radius 1 is 1.33 bits per heavy atom. The second-order valence-electron chi connectivity index (χ2n) is 6.60. The Labute approximate surface area is 112 Å². The highest BCUT2D eigenvalue weighted by molar-refractivity contribution is 5.11. The van der Waals surface area contributed by atoms with E-state index in [1.807, 2.05) is 0 Å². The minimum absolute atomic E-state index is 0.304. The first kappa shape index (κ1) is 14.3. The van der Waals surface area contributed by atoms with E-state index in [2.05, 4.69) is 44.8 Å². The number of ether oxygens (including phenoxy) is 1. The fourth-order valence-corrected chi connectivity index (χ4v) is 3.89. The molecule has 1 saturated carbocycles. The highest BCUT2D eigenvalue weighted by Crippen LogP contribution is 2.52. The van der Waals surface area contributed by atoms with Gasteiger partial charge < -0.3 is 15.0 Å². The van der Waals surface area contributed by atoms with Crippen molar-refractivity contribution >= 4 is 0 Å². The van der Waals surface area contributed by atoms with Gasteiger partial charge in [-0.3, -0.25) is 0 Å². The molecular weight excluding hydrogens is 224 g/mol. The van der Waals surface area contributed by atoms with E-state index in [-0.39, 0.29) is 0 Å². The number of hydrogen-bond donors (Lipinski definition) is 1. The summed E-state index contributed by atoms with van der Waals surface area (Å²) in [6.07, 6.45) is 1.74. The summed E-state index contributed by atoms with van der Waals surface area (Å²) in [5.41, 5.74) is 0.304. The molecule has 0 bridgehead atoms. The fourth-order valence-electron chi connectivity index (χ4n) is 3.89. The molecular formula is C15H30N2O. The summed E-state index contributed by atoms with van der Waals surface area (Å²) in [7, 11) is 0. The average molecular weight is 254 g/mol. The van der Waals surface area contributed by atoms with E-state index in [0.29, 0.717) is 23.6 Å². The maximum Gasteiger partial charge on any atom is 0.0685 e. The second-order valence-corrected chi connectivity index (χ2v) is 6.60. The van der Waals surface area contributed by atoms with Crippen LogP contribution in [0.3, 0.4) is 0 Å². The van der Waals surface area contributed by atoms with E-state index in [1.54, 1.807) is 0 Å². The Morgan fingerprint density at radius 2 is 2.00 bits per heavy atom. The highest BCUT2D eigenvalue weighted by Gasteiger charge is 2.59. The maximum absolute atomic E-state index is 5.85. The van der Waals surface area contributed by atoms with Crippen molar-refractivity contribution in [3.05, 3.63) is 0 Å². The summed E-state index contributed by atoms with van der Waals surface area (Å²) in [4.78, 5) is 2.49. The zero-order valence-electron chi connectivity index (χ0n) is 12.7. The van der Waals surface area contributed by atoms with E-state index in [1.165, 1.54) is 6.42 Å². The van der Waals surface area contributed by atoms with Crippen molar-refractivity contribution in [2.75, 3.05) is 26.2 Å². The van der Waals surface area contributed by atoms with Crippen LogP contribution in [0.2, 0.25) is 0 Å². The molecule has 2 rings (SSSR count). The molecule has 4 unspecified atom stereocenters. The van der Waals surface area contributed by atoms with Crippen LogP contribution >= 0.6 is 0 Å². The molecule has 0 radical (unpaired) electrons. The van der Waals surface area contributed by atoms with E-state index < -0.39 is 0 Å². The van der Waals surface area contributed by atoms with Crippen LogP contribution in [0.4, 0.5) is 0 Å². The third-order valence-electron chi connectivity index (χ3n) is 4.99. The fraction of sp³-hybridized carbons (Fsp3) is 1.00. The lowest BCUT2D eigenvalue weighted by molar-refractivity contribution is -0.115. The molecule has 0 amide bonds. The Morgan fingerprint density at radius 3 is 2.61 bits per heavy atom. The lowest BCUT2D eigenvalue weighted by Gasteiger charge is -2.55. The Balaban J connectivity index is 1.85. The van der Waals surface area contributed by atoms with E-state index in [4.69, 9.17) is 4.74 Å². The second kappa shape index (κ2) is 5.48. The molecule has 106 valence electrons. The summed E-state index contributed by atoms with van der Waals surface area (Å²) in [6.45, 7) is 15.9. The molecule has 1 heterocycles. The van der Waals surface area contributed by atoms with Gasteiger partial charge in [-0.15, -0.1) is 0 Å². The SMILES string of the molecule is CCN(CC)CC(C)NC1C2CCOC2C1(C)C. The number of rotatable bonds is 6. The smallest absolute Gasteiger partial charge is 0.0685 e. The van der Waals surface area contributed by atoms with Crippen molar-refractivity contribution in [1.82, 2.24) is 10.2 Å². The van der Waals surface area contributed by atoms with Crippen LogP contribution in [0.15, 0.2) is 0 Å². The van der Waals surface area contributed by atoms with Crippen molar-refractivity contribution in [2.45, 2.75) is 59.2 Å². The van der Waals surface area contributed by atoms with Crippen molar-refractivity contribution in [3.8, 4) is 0 Å². The van der Waals surface area contributed by atoms with Gasteiger partial charge >= 0.3 is 0 Å². The molecule has 2 aliphatic rings. The first-order valence-corrected chi connectivity index (χ1v) is 7.60. The summed E-state index contributed by atoms with van der Waals surface area (Å²) in [6, 6.07) is 1.20. The Bertz CT molecular complexity index is 276. The molecule has 3 heteroatoms. The molecule has 1 aliphatic carbocycles. The number of likely N-dealkylation sites (N-methyl/N-ethyl adjacent to an activating group) is 1. The third-order valence-corrected chi connectivity index (χ3v) is 4.99. The van der Waals surface area contributed by atoms with Crippen LogP contribution in [0.25, 0.3) is 0 Å². The van der Waals surface area contributed by atoms with Gasteiger partial charge in [0, 0.05) is 36.6 Å². The number of fused-ring (bicyclic) bond motifs is 1. The molecule has 1 aliphatic heterocycles. The van der Waals surface area contributed by atoms with E-state index >= 15 is 0 Å². The summed E-state index contributed by atoms with van der Waals surface area (Å²) in [5.74, 6) is 0.749. The normalized spacial score (nSPS) is 35.3. The number of nitrogens with zero attached hydrogens (tertiary/aromatic N) is 1. The molecule has 18 heavy (non-hydrogen) atoms. The first-order valence-electron chi connectivity index (χ1n) is 7.60. The molecule has 1 saturated heterocycles. The average Bonchev–Trinajstić information content (AvgIpc) is 2.79. The summed E-state index contributed by atoms with van der Waals surface area (Å²) in [5, 5.41) is 3.86. The minimum Gasteiger partial charge on any atom is -0.377 e. The van der Waals surface area contributed by atoms with Gasteiger partial charge in [-0.2, -0.15) is 0 Å². The van der Waals surface area contributed by atoms with Crippen LogP contribution in [-0.4, -0.2) is 49.3 Å². The molecule has 1 N–H and O–H groups in total. The van der Waals surface area contributed by atoms with Crippen LogP contribution in [0, 0.1) is 11.3 Å². The zero-order chi connectivity index (χ0) is 13.3. The molecule has 2 fully saturated rings. The lowest BCUT2D eigenvalue weighted by Crippen LogP contribution is -2.67. The van der Waals surface area contributed by atoms with Crippen LogP contribution < -0.4 is 5.32 Å². The largest absolute Gasteiger partial charge is 0.377 e. The lowest BCUT2D eigenvalue weighted by atomic mass is 9.57. The van der Waals surface area contributed by atoms with Gasteiger partial charge in [0.05, 0.1) is 6.10 Å². The molecule has 0 aromatic carbocycles. The van der Waals surface area contributed by atoms with Crippen LogP contribution in [0.5, 0.6) is 0 Å². The quantitative estimate of drug-likeness (QED) is 0.786. The van der Waals surface area contributed by atoms with E-state index in [9.17, 15) is 0 Å². The van der Waals surface area contributed by atoms with Gasteiger partial charge in [-0.1, -0.05) is 27.7 Å². The predicted octanol–water partition coefficient (Wildman–Crippen LogP) is 2.12. The Kier molecular flexibility index (Phi) is 4.35. The number of hydrogen-bond acceptors (Lipinski definition) is 3. The standard InChI is InChI=1S/C15H30N2O/c1-6-17(7-2)10-11(3)16-13-12-8-9-18-14(12)15(13,4)5/h11-14,16H,6-10H2,1-5H3. The zero-order valence-corrected chi connectivity index (χ0v) is 12.7. The highest BCUT2D eigenvalue weighted by atomic mass is 16.5. The minimum atomic E-state index is 0.304. The molecule has 0 aromatic rings. The van der Waals surface area contributed by atoms with Gasteiger partial charge in [0.1, 0.15) is 0 Å². The monoisotopic (exact) mass is 254 g/mol. The Hall–Kier alpha value is -0.120. The van der Waals surface area contributed by atoms with Crippen molar-refractivity contribution < 1.29 is 4.74 Å². The third kappa shape index (κ3) is 2.45. The van der Waals surface area contributed by atoms with Gasteiger partial charge in [-0.05, 0) is 26.4 Å². The van der Waals surface area contributed by atoms with Crippen LogP contribution in [0.1, 0.15) is 41.0 Å². The van der Waals surface area contributed by atoms with Gasteiger partial charge in [-0.25, -0.2) is 0 Å². The molecule has 0 aromatic heterocycles.